The minimum atomic E-state index is 0.747. The third-order valence-corrected chi connectivity index (χ3v) is 3.44. The van der Waals surface area contributed by atoms with Crippen LogP contribution in [-0.2, 0) is 6.54 Å². The molecule has 96 valence electrons. The van der Waals surface area contributed by atoms with Gasteiger partial charge in [0.1, 0.15) is 0 Å². The van der Waals surface area contributed by atoms with Crippen molar-refractivity contribution in [1.29, 1.82) is 0 Å². The van der Waals surface area contributed by atoms with E-state index in [2.05, 4.69) is 15.3 Å². The van der Waals surface area contributed by atoms with E-state index in [1.807, 2.05) is 43.5 Å². The number of pyridine rings is 1. The van der Waals surface area contributed by atoms with Crippen molar-refractivity contribution >= 4 is 28.2 Å². The predicted octanol–water partition coefficient (Wildman–Crippen LogP) is 4.14. The normalized spacial score (nSPS) is 10.8. The standard InChI is InChI=1S/C15H14ClN3/c1-10-14(3-2-6-17-10)18-8-11-9-19-15-7-12(16)4-5-13(11)15/h2-7,9,18-19H,8H2,1H3. The Balaban J connectivity index is 1.84. The molecule has 0 unspecified atom stereocenters. The number of H-pyrrole nitrogens is 1. The Morgan fingerprint density at radius 1 is 1.32 bits per heavy atom. The minimum Gasteiger partial charge on any atom is -0.379 e. The highest BCUT2D eigenvalue weighted by Crippen LogP contribution is 2.23. The number of anilines is 1. The molecule has 0 aliphatic heterocycles. The zero-order valence-electron chi connectivity index (χ0n) is 10.6. The Morgan fingerprint density at radius 3 is 3.05 bits per heavy atom. The van der Waals surface area contributed by atoms with Crippen LogP contribution in [0.25, 0.3) is 10.9 Å². The third-order valence-electron chi connectivity index (χ3n) is 3.21. The predicted molar refractivity (Wildman–Crippen MR) is 79.6 cm³/mol. The van der Waals surface area contributed by atoms with Gasteiger partial charge in [-0.1, -0.05) is 17.7 Å². The first-order valence-corrected chi connectivity index (χ1v) is 6.53. The molecule has 0 fully saturated rings. The van der Waals surface area contributed by atoms with Crippen LogP contribution in [0.15, 0.2) is 42.7 Å². The monoisotopic (exact) mass is 271 g/mol. The molecule has 2 N–H and O–H groups in total. The van der Waals surface area contributed by atoms with Crippen molar-refractivity contribution in [2.75, 3.05) is 5.32 Å². The molecule has 19 heavy (non-hydrogen) atoms. The summed E-state index contributed by atoms with van der Waals surface area (Å²) in [7, 11) is 0. The number of fused-ring (bicyclic) bond motifs is 1. The highest BCUT2D eigenvalue weighted by atomic mass is 35.5. The Morgan fingerprint density at radius 2 is 2.21 bits per heavy atom. The molecule has 2 heterocycles. The Labute approximate surface area is 116 Å². The van der Waals surface area contributed by atoms with Crippen LogP contribution in [0.4, 0.5) is 5.69 Å². The molecule has 0 amide bonds. The second kappa shape index (κ2) is 4.94. The van der Waals surface area contributed by atoms with E-state index in [1.54, 1.807) is 6.20 Å². The van der Waals surface area contributed by atoms with E-state index in [4.69, 9.17) is 11.6 Å². The van der Waals surface area contributed by atoms with E-state index in [-0.39, 0.29) is 0 Å². The van der Waals surface area contributed by atoms with Crippen LogP contribution >= 0.6 is 11.6 Å². The van der Waals surface area contributed by atoms with Crippen LogP contribution < -0.4 is 5.32 Å². The Hall–Kier alpha value is -2.00. The zero-order chi connectivity index (χ0) is 13.2. The maximum Gasteiger partial charge on any atom is 0.0603 e. The van der Waals surface area contributed by atoms with E-state index in [0.29, 0.717) is 0 Å². The van der Waals surface area contributed by atoms with Crippen molar-refractivity contribution in [1.82, 2.24) is 9.97 Å². The van der Waals surface area contributed by atoms with Gasteiger partial charge in [-0.15, -0.1) is 0 Å². The van der Waals surface area contributed by atoms with Gasteiger partial charge in [-0.2, -0.15) is 0 Å². The fourth-order valence-electron chi connectivity index (χ4n) is 2.17. The summed E-state index contributed by atoms with van der Waals surface area (Å²) in [5.74, 6) is 0. The van der Waals surface area contributed by atoms with Gasteiger partial charge in [-0.25, -0.2) is 0 Å². The largest absolute Gasteiger partial charge is 0.379 e. The molecule has 0 bridgehead atoms. The number of hydrogen-bond acceptors (Lipinski definition) is 2. The molecular weight excluding hydrogens is 258 g/mol. The molecule has 0 saturated heterocycles. The van der Waals surface area contributed by atoms with Gasteiger partial charge in [-0.3, -0.25) is 4.98 Å². The molecule has 2 aromatic heterocycles. The van der Waals surface area contributed by atoms with E-state index in [0.717, 1.165) is 28.5 Å². The average molecular weight is 272 g/mol. The van der Waals surface area contributed by atoms with Crippen molar-refractivity contribution < 1.29 is 0 Å². The fraction of sp³-hybridized carbons (Fsp3) is 0.133. The fourth-order valence-corrected chi connectivity index (χ4v) is 2.34. The van der Waals surface area contributed by atoms with Gasteiger partial charge in [0.05, 0.1) is 11.4 Å². The van der Waals surface area contributed by atoms with Gasteiger partial charge in [0, 0.05) is 34.9 Å². The lowest BCUT2D eigenvalue weighted by molar-refractivity contribution is 1.12. The number of aryl methyl sites for hydroxylation is 1. The second-order valence-corrected chi connectivity index (χ2v) is 4.93. The van der Waals surface area contributed by atoms with Gasteiger partial charge in [-0.05, 0) is 36.8 Å². The van der Waals surface area contributed by atoms with Crippen molar-refractivity contribution in [3.8, 4) is 0 Å². The van der Waals surface area contributed by atoms with Crippen LogP contribution in [0.1, 0.15) is 11.3 Å². The highest BCUT2D eigenvalue weighted by Gasteiger charge is 2.04. The van der Waals surface area contributed by atoms with Crippen LogP contribution in [-0.4, -0.2) is 9.97 Å². The van der Waals surface area contributed by atoms with Crippen molar-refractivity contribution in [3.05, 3.63) is 59.0 Å². The molecule has 0 aliphatic carbocycles. The number of nitrogens with one attached hydrogen (secondary N) is 2. The molecular formula is C15H14ClN3. The summed E-state index contributed by atoms with van der Waals surface area (Å²) in [6.45, 7) is 2.76. The number of nitrogens with zero attached hydrogens (tertiary/aromatic N) is 1. The summed E-state index contributed by atoms with van der Waals surface area (Å²) in [5, 5.41) is 5.35. The SMILES string of the molecule is Cc1ncccc1NCc1c[nH]c2cc(Cl)ccc12. The molecule has 3 rings (SSSR count). The lowest BCUT2D eigenvalue weighted by Gasteiger charge is -2.07. The molecule has 3 nitrogen and oxygen atoms in total. The topological polar surface area (TPSA) is 40.7 Å². The third kappa shape index (κ3) is 2.42. The lowest BCUT2D eigenvalue weighted by atomic mass is 10.1. The van der Waals surface area contributed by atoms with Crippen LogP contribution in [0.5, 0.6) is 0 Å². The van der Waals surface area contributed by atoms with Crippen LogP contribution in [0, 0.1) is 6.92 Å². The Kier molecular flexibility index (Phi) is 3.13. The quantitative estimate of drug-likeness (QED) is 0.752. The number of aromatic nitrogens is 2. The van der Waals surface area contributed by atoms with E-state index in [1.165, 1.54) is 10.9 Å². The first-order valence-electron chi connectivity index (χ1n) is 6.15. The molecule has 0 spiro atoms. The molecule has 0 atom stereocenters. The molecule has 1 aromatic carbocycles. The molecule has 0 saturated carbocycles. The summed E-state index contributed by atoms with van der Waals surface area (Å²) >= 11 is 5.98. The van der Waals surface area contributed by atoms with E-state index in [9.17, 15) is 0 Å². The smallest absolute Gasteiger partial charge is 0.0603 e. The first-order chi connectivity index (χ1) is 9.24. The van der Waals surface area contributed by atoms with Gasteiger partial charge in [0.2, 0.25) is 0 Å². The molecule has 0 radical (unpaired) electrons. The summed E-state index contributed by atoms with van der Waals surface area (Å²) in [4.78, 5) is 7.51. The summed E-state index contributed by atoms with van der Waals surface area (Å²) < 4.78 is 0. The van der Waals surface area contributed by atoms with Crippen molar-refractivity contribution in [2.45, 2.75) is 13.5 Å². The molecule has 3 aromatic rings. The van der Waals surface area contributed by atoms with Crippen molar-refractivity contribution in [2.24, 2.45) is 0 Å². The summed E-state index contributed by atoms with van der Waals surface area (Å²) in [5.41, 5.74) is 4.35. The molecule has 0 aliphatic rings. The number of halogens is 1. The van der Waals surface area contributed by atoms with Gasteiger partial charge < -0.3 is 10.3 Å². The van der Waals surface area contributed by atoms with Crippen LogP contribution in [0.2, 0.25) is 5.02 Å². The first kappa shape index (κ1) is 12.1. The number of aromatic amines is 1. The zero-order valence-corrected chi connectivity index (χ0v) is 11.3. The second-order valence-electron chi connectivity index (χ2n) is 4.49. The Bertz CT molecular complexity index is 718. The summed E-state index contributed by atoms with van der Waals surface area (Å²) in [6.07, 6.45) is 3.81. The highest BCUT2D eigenvalue weighted by molar-refractivity contribution is 6.31. The number of hydrogen-bond donors (Lipinski definition) is 2. The van der Waals surface area contributed by atoms with E-state index < -0.39 is 0 Å². The molecule has 4 heteroatoms. The van der Waals surface area contributed by atoms with Crippen LogP contribution in [0.3, 0.4) is 0 Å². The average Bonchev–Trinajstić information content (AvgIpc) is 2.80. The lowest BCUT2D eigenvalue weighted by Crippen LogP contribution is -2.01. The number of rotatable bonds is 3. The van der Waals surface area contributed by atoms with Gasteiger partial charge in [0.25, 0.3) is 0 Å². The maximum atomic E-state index is 5.98. The van der Waals surface area contributed by atoms with Crippen molar-refractivity contribution in [3.63, 3.8) is 0 Å². The van der Waals surface area contributed by atoms with E-state index >= 15 is 0 Å². The minimum absolute atomic E-state index is 0.747. The number of benzene rings is 1. The maximum absolute atomic E-state index is 5.98. The summed E-state index contributed by atoms with van der Waals surface area (Å²) in [6, 6.07) is 9.87. The van der Waals surface area contributed by atoms with Gasteiger partial charge >= 0.3 is 0 Å². The van der Waals surface area contributed by atoms with Gasteiger partial charge in [0.15, 0.2) is 0 Å².